The lowest BCUT2D eigenvalue weighted by Crippen LogP contribution is -2.41. The van der Waals surface area contributed by atoms with Crippen molar-refractivity contribution in [3.8, 4) is 0 Å². The van der Waals surface area contributed by atoms with Crippen molar-refractivity contribution in [1.29, 1.82) is 0 Å². The van der Waals surface area contributed by atoms with Gasteiger partial charge in [0.05, 0.1) is 18.4 Å². The largest absolute Gasteiger partial charge is 0.481 e. The van der Waals surface area contributed by atoms with Gasteiger partial charge in [-0.1, -0.05) is 24.3 Å². The van der Waals surface area contributed by atoms with E-state index in [-0.39, 0.29) is 24.3 Å². The Balaban J connectivity index is 1.95. The molecule has 2 rings (SSSR count). The van der Waals surface area contributed by atoms with Crippen molar-refractivity contribution in [3.05, 3.63) is 35.4 Å². The van der Waals surface area contributed by atoms with Crippen molar-refractivity contribution >= 4 is 17.9 Å². The van der Waals surface area contributed by atoms with Crippen molar-refractivity contribution in [2.45, 2.75) is 51.1 Å². The van der Waals surface area contributed by atoms with Crippen LogP contribution in [-0.4, -0.2) is 29.1 Å². The first-order valence-corrected chi connectivity index (χ1v) is 8.50. The minimum atomic E-state index is -0.768. The van der Waals surface area contributed by atoms with E-state index in [4.69, 9.17) is 10.8 Å². The van der Waals surface area contributed by atoms with E-state index >= 15 is 0 Å². The van der Waals surface area contributed by atoms with E-state index < -0.39 is 18.0 Å². The van der Waals surface area contributed by atoms with Gasteiger partial charge in [-0.05, 0) is 43.7 Å². The van der Waals surface area contributed by atoms with Crippen LogP contribution in [0, 0.1) is 12.8 Å². The lowest BCUT2D eigenvalue weighted by atomic mass is 9.86. The van der Waals surface area contributed by atoms with Crippen LogP contribution in [0.15, 0.2) is 24.3 Å². The summed E-state index contributed by atoms with van der Waals surface area (Å²) in [6, 6.07) is 6.33. The third-order valence-corrected chi connectivity index (χ3v) is 4.71. The first kappa shape index (κ1) is 18.8. The van der Waals surface area contributed by atoms with E-state index in [0.29, 0.717) is 25.7 Å². The van der Waals surface area contributed by atoms with E-state index in [1.165, 1.54) is 0 Å². The predicted octanol–water partition coefficient (Wildman–Crippen LogP) is 1.85. The van der Waals surface area contributed by atoms with Gasteiger partial charge in [0.15, 0.2) is 0 Å². The van der Waals surface area contributed by atoms with Crippen LogP contribution in [0.2, 0.25) is 0 Å². The molecular weight excluding hydrogens is 322 g/mol. The van der Waals surface area contributed by atoms with Crippen molar-refractivity contribution in [2.75, 3.05) is 0 Å². The lowest BCUT2D eigenvalue weighted by Gasteiger charge is -2.27. The van der Waals surface area contributed by atoms with Gasteiger partial charge in [0.1, 0.15) is 0 Å². The topological polar surface area (TPSA) is 122 Å². The maximum Gasteiger partial charge on any atom is 0.312 e. The molecule has 1 aliphatic carbocycles. The van der Waals surface area contributed by atoms with Crippen LogP contribution in [0.5, 0.6) is 0 Å². The molecule has 136 valence electrons. The first-order valence-electron chi connectivity index (χ1n) is 8.50. The van der Waals surface area contributed by atoms with Crippen LogP contribution in [0.25, 0.3) is 0 Å². The van der Waals surface area contributed by atoms with E-state index in [9.17, 15) is 14.4 Å². The molecule has 1 saturated carbocycles. The van der Waals surface area contributed by atoms with Gasteiger partial charge in [0.25, 0.3) is 0 Å². The molecule has 7 heteroatoms. The number of carbonyl (C=O) groups is 3. The zero-order chi connectivity index (χ0) is 18.4. The van der Waals surface area contributed by atoms with Gasteiger partial charge in [-0.2, -0.15) is 0 Å². The third-order valence-electron chi connectivity index (χ3n) is 4.71. The summed E-state index contributed by atoms with van der Waals surface area (Å²) in [5.74, 6) is -1.26. The van der Waals surface area contributed by atoms with E-state index in [0.717, 1.165) is 11.1 Å². The number of aryl methyl sites for hydroxylation is 1. The number of benzene rings is 1. The molecule has 0 bridgehead atoms. The van der Waals surface area contributed by atoms with E-state index in [2.05, 4.69) is 10.6 Å². The fourth-order valence-corrected chi connectivity index (χ4v) is 3.34. The summed E-state index contributed by atoms with van der Waals surface area (Å²) in [7, 11) is 0. The molecule has 5 N–H and O–H groups in total. The van der Waals surface area contributed by atoms with Crippen molar-refractivity contribution in [3.63, 3.8) is 0 Å². The number of rotatable bonds is 6. The van der Waals surface area contributed by atoms with Crippen molar-refractivity contribution < 1.29 is 19.5 Å². The summed E-state index contributed by atoms with van der Waals surface area (Å²) < 4.78 is 0. The zero-order valence-corrected chi connectivity index (χ0v) is 14.3. The minimum absolute atomic E-state index is 0.0193. The number of carboxylic acid groups (broad SMARTS) is 1. The molecule has 0 aromatic heterocycles. The molecule has 1 aromatic carbocycles. The summed E-state index contributed by atoms with van der Waals surface area (Å²) in [4.78, 5) is 34.7. The minimum Gasteiger partial charge on any atom is -0.481 e. The van der Waals surface area contributed by atoms with E-state index in [1.807, 2.05) is 31.2 Å². The van der Waals surface area contributed by atoms with Crippen molar-refractivity contribution in [2.24, 2.45) is 11.7 Å². The van der Waals surface area contributed by atoms with Gasteiger partial charge < -0.3 is 21.5 Å². The number of nitrogens with one attached hydrogen (secondary N) is 2. The molecule has 1 unspecified atom stereocenters. The van der Waals surface area contributed by atoms with E-state index in [1.54, 1.807) is 0 Å². The summed E-state index contributed by atoms with van der Waals surface area (Å²) in [6.07, 6.45) is 2.54. The highest BCUT2D eigenvalue weighted by Crippen LogP contribution is 2.25. The smallest absolute Gasteiger partial charge is 0.312 e. The second-order valence-electron chi connectivity index (χ2n) is 6.58. The Kier molecular flexibility index (Phi) is 6.38. The number of nitrogens with two attached hydrogens (primary N) is 1. The number of hydrogen-bond donors (Lipinski definition) is 4. The number of hydrogen-bond acceptors (Lipinski definition) is 3. The molecule has 1 aliphatic rings. The molecule has 25 heavy (non-hydrogen) atoms. The zero-order valence-electron chi connectivity index (χ0n) is 14.3. The Morgan fingerprint density at radius 2 is 1.84 bits per heavy atom. The Morgan fingerprint density at radius 1 is 1.20 bits per heavy atom. The van der Waals surface area contributed by atoms with Gasteiger partial charge in [-0.3, -0.25) is 9.59 Å². The molecule has 1 fully saturated rings. The van der Waals surface area contributed by atoms with Crippen LogP contribution in [0.3, 0.4) is 0 Å². The molecule has 0 saturated heterocycles. The number of carbonyl (C=O) groups excluding carboxylic acids is 2. The molecule has 1 aromatic rings. The van der Waals surface area contributed by atoms with Gasteiger partial charge in [0.2, 0.25) is 5.91 Å². The Hall–Kier alpha value is -2.57. The quantitative estimate of drug-likeness (QED) is 0.627. The molecule has 0 heterocycles. The van der Waals surface area contributed by atoms with Crippen LogP contribution < -0.4 is 16.4 Å². The predicted molar refractivity (Wildman–Crippen MR) is 92.8 cm³/mol. The SMILES string of the molecule is Cc1ccccc1C(CC(=O)NC1CCC(C(=O)O)CC1)NC(N)=O. The summed E-state index contributed by atoms with van der Waals surface area (Å²) in [5.41, 5.74) is 7.07. The van der Waals surface area contributed by atoms with Crippen molar-refractivity contribution in [1.82, 2.24) is 10.6 Å². The summed E-state index contributed by atoms with van der Waals surface area (Å²) >= 11 is 0. The fraction of sp³-hybridized carbons (Fsp3) is 0.500. The van der Waals surface area contributed by atoms with Gasteiger partial charge >= 0.3 is 12.0 Å². The average molecular weight is 347 g/mol. The number of urea groups is 1. The number of aliphatic carboxylic acids is 1. The summed E-state index contributed by atoms with van der Waals surface area (Å²) in [6.45, 7) is 1.91. The van der Waals surface area contributed by atoms with Crippen LogP contribution in [-0.2, 0) is 9.59 Å². The number of amides is 3. The third kappa shape index (κ3) is 5.48. The molecular formula is C18H25N3O4. The average Bonchev–Trinajstić information content (AvgIpc) is 2.54. The van der Waals surface area contributed by atoms with Crippen LogP contribution >= 0.6 is 0 Å². The first-order chi connectivity index (χ1) is 11.9. The Morgan fingerprint density at radius 3 is 2.40 bits per heavy atom. The highest BCUT2D eigenvalue weighted by atomic mass is 16.4. The van der Waals surface area contributed by atoms with Gasteiger partial charge in [-0.25, -0.2) is 4.79 Å². The maximum atomic E-state index is 12.4. The Labute approximate surface area is 147 Å². The Bertz CT molecular complexity index is 639. The molecule has 0 aliphatic heterocycles. The normalized spacial score (nSPS) is 21.2. The second kappa shape index (κ2) is 8.50. The highest BCUT2D eigenvalue weighted by Gasteiger charge is 2.27. The van der Waals surface area contributed by atoms with Gasteiger partial charge in [-0.15, -0.1) is 0 Å². The molecule has 0 spiro atoms. The second-order valence-corrected chi connectivity index (χ2v) is 6.58. The lowest BCUT2D eigenvalue weighted by molar-refractivity contribution is -0.142. The molecule has 7 nitrogen and oxygen atoms in total. The molecule has 1 atom stereocenters. The molecule has 0 radical (unpaired) electrons. The standard InChI is InChI=1S/C18H25N3O4/c1-11-4-2-3-5-14(11)15(21-18(19)25)10-16(22)20-13-8-6-12(7-9-13)17(23)24/h2-5,12-13,15H,6-10H2,1H3,(H,20,22)(H,23,24)(H3,19,21,25). The number of primary amides is 1. The van der Waals surface area contributed by atoms with Crippen LogP contribution in [0.4, 0.5) is 4.79 Å². The highest BCUT2D eigenvalue weighted by molar-refractivity contribution is 5.79. The fourth-order valence-electron chi connectivity index (χ4n) is 3.34. The monoisotopic (exact) mass is 347 g/mol. The number of carboxylic acids is 1. The molecule has 3 amide bonds. The summed E-state index contributed by atoms with van der Waals surface area (Å²) in [5, 5.41) is 14.6. The van der Waals surface area contributed by atoms with Crippen LogP contribution in [0.1, 0.15) is 49.3 Å². The van der Waals surface area contributed by atoms with Gasteiger partial charge in [0, 0.05) is 6.04 Å². The maximum absolute atomic E-state index is 12.4.